The number of carbonyl (C=O) groups excluding carboxylic acids is 1. The minimum absolute atomic E-state index is 0.0231. The molecule has 9 nitrogen and oxygen atoms in total. The Morgan fingerprint density at radius 3 is 2.36 bits per heavy atom. The Bertz CT molecular complexity index is 873. The number of nitrogens with zero attached hydrogens (tertiary/aromatic N) is 4. The van der Waals surface area contributed by atoms with Crippen molar-refractivity contribution in [2.75, 3.05) is 19.5 Å². The molecule has 0 aliphatic heterocycles. The fraction of sp³-hybridized carbons (Fsp3) is 0.250. The van der Waals surface area contributed by atoms with E-state index >= 15 is 0 Å². The molecule has 0 aliphatic rings. The van der Waals surface area contributed by atoms with Crippen molar-refractivity contribution in [3.05, 3.63) is 35.7 Å². The van der Waals surface area contributed by atoms with Crippen LogP contribution in [0.15, 0.2) is 28.7 Å². The molecule has 25 heavy (non-hydrogen) atoms. The van der Waals surface area contributed by atoms with E-state index in [4.69, 9.17) is 13.9 Å². The van der Waals surface area contributed by atoms with Gasteiger partial charge in [-0.3, -0.25) is 14.8 Å². The van der Waals surface area contributed by atoms with Gasteiger partial charge >= 0.3 is 6.01 Å². The Labute approximate surface area is 143 Å². The smallest absolute Gasteiger partial charge is 0.322 e. The van der Waals surface area contributed by atoms with Crippen molar-refractivity contribution >= 4 is 11.9 Å². The molecule has 0 aliphatic carbocycles. The summed E-state index contributed by atoms with van der Waals surface area (Å²) in [5.41, 5.74) is 1.74. The zero-order chi connectivity index (χ0) is 18.0. The summed E-state index contributed by atoms with van der Waals surface area (Å²) in [6.07, 6.45) is 0. The quantitative estimate of drug-likeness (QED) is 0.756. The summed E-state index contributed by atoms with van der Waals surface area (Å²) < 4.78 is 17.5. The molecule has 2 heterocycles. The molecule has 0 atom stereocenters. The number of anilines is 1. The maximum Gasteiger partial charge on any atom is 0.322 e. The monoisotopic (exact) mass is 343 g/mol. The first-order chi connectivity index (χ1) is 12.0. The van der Waals surface area contributed by atoms with Crippen LogP contribution < -0.4 is 14.8 Å². The Morgan fingerprint density at radius 2 is 1.80 bits per heavy atom. The topological polar surface area (TPSA) is 104 Å². The maximum absolute atomic E-state index is 12.2. The number of carbonyl (C=O) groups is 1. The summed E-state index contributed by atoms with van der Waals surface area (Å²) in [7, 11) is 4.85. The highest BCUT2D eigenvalue weighted by molar-refractivity contribution is 6.01. The molecule has 1 aromatic carbocycles. The van der Waals surface area contributed by atoms with Crippen LogP contribution in [0, 0.1) is 6.92 Å². The Kier molecular flexibility index (Phi) is 4.38. The van der Waals surface area contributed by atoms with Gasteiger partial charge in [0.15, 0.2) is 5.69 Å². The summed E-state index contributed by atoms with van der Waals surface area (Å²) in [5.74, 6) is 0.969. The highest BCUT2D eigenvalue weighted by atomic mass is 16.5. The van der Waals surface area contributed by atoms with Crippen molar-refractivity contribution in [3.8, 4) is 23.0 Å². The van der Waals surface area contributed by atoms with E-state index in [1.165, 1.54) is 0 Å². The van der Waals surface area contributed by atoms with Gasteiger partial charge in [0, 0.05) is 24.4 Å². The zero-order valence-corrected chi connectivity index (χ0v) is 14.2. The van der Waals surface area contributed by atoms with Gasteiger partial charge in [-0.25, -0.2) is 0 Å². The molecule has 130 valence electrons. The zero-order valence-electron chi connectivity index (χ0n) is 14.2. The lowest BCUT2D eigenvalue weighted by atomic mass is 10.2. The van der Waals surface area contributed by atoms with Crippen molar-refractivity contribution in [3.63, 3.8) is 0 Å². The first-order valence-corrected chi connectivity index (χ1v) is 7.39. The molecule has 3 rings (SSSR count). The van der Waals surface area contributed by atoms with Crippen LogP contribution in [0.25, 0.3) is 11.5 Å². The number of amides is 1. The van der Waals surface area contributed by atoms with Crippen LogP contribution >= 0.6 is 0 Å². The highest BCUT2D eigenvalue weighted by Gasteiger charge is 2.16. The van der Waals surface area contributed by atoms with Crippen molar-refractivity contribution in [2.45, 2.75) is 6.92 Å². The van der Waals surface area contributed by atoms with Crippen LogP contribution in [0.3, 0.4) is 0 Å². The number of aryl methyl sites for hydroxylation is 2. The summed E-state index contributed by atoms with van der Waals surface area (Å²) in [6, 6.07) is 6.82. The molecular formula is C16H17N5O4. The maximum atomic E-state index is 12.2. The van der Waals surface area contributed by atoms with E-state index in [2.05, 4.69) is 20.6 Å². The number of benzene rings is 1. The Balaban J connectivity index is 1.81. The number of hydrogen-bond acceptors (Lipinski definition) is 7. The summed E-state index contributed by atoms with van der Waals surface area (Å²) >= 11 is 0. The average molecular weight is 343 g/mol. The lowest BCUT2D eigenvalue weighted by Gasteiger charge is -2.05. The molecule has 0 saturated carbocycles. The third-order valence-electron chi connectivity index (χ3n) is 3.59. The molecule has 0 bridgehead atoms. The van der Waals surface area contributed by atoms with E-state index in [0.29, 0.717) is 17.1 Å². The van der Waals surface area contributed by atoms with Crippen LogP contribution in [0.2, 0.25) is 0 Å². The normalized spacial score (nSPS) is 10.6. The molecule has 0 fully saturated rings. The van der Waals surface area contributed by atoms with E-state index in [1.54, 1.807) is 50.2 Å². The van der Waals surface area contributed by atoms with Crippen LogP contribution in [0.4, 0.5) is 6.01 Å². The van der Waals surface area contributed by atoms with Gasteiger partial charge in [-0.05, 0) is 25.1 Å². The number of methoxy groups -OCH3 is 2. The van der Waals surface area contributed by atoms with Crippen molar-refractivity contribution in [1.82, 2.24) is 20.0 Å². The molecule has 1 amide bonds. The van der Waals surface area contributed by atoms with E-state index in [1.807, 2.05) is 6.92 Å². The van der Waals surface area contributed by atoms with Crippen molar-refractivity contribution in [1.29, 1.82) is 0 Å². The Morgan fingerprint density at radius 1 is 1.12 bits per heavy atom. The molecular weight excluding hydrogens is 326 g/mol. The number of ether oxygens (including phenoxy) is 2. The summed E-state index contributed by atoms with van der Waals surface area (Å²) in [5, 5.41) is 14.4. The fourth-order valence-electron chi connectivity index (χ4n) is 2.15. The molecule has 9 heteroatoms. The summed E-state index contributed by atoms with van der Waals surface area (Å²) in [6.45, 7) is 1.85. The molecule has 0 unspecified atom stereocenters. The third-order valence-corrected chi connectivity index (χ3v) is 3.59. The van der Waals surface area contributed by atoms with E-state index in [-0.39, 0.29) is 17.6 Å². The van der Waals surface area contributed by atoms with Crippen molar-refractivity contribution in [2.24, 2.45) is 7.05 Å². The van der Waals surface area contributed by atoms with Gasteiger partial charge in [0.25, 0.3) is 5.91 Å². The largest absolute Gasteiger partial charge is 0.497 e. The second kappa shape index (κ2) is 6.63. The lowest BCUT2D eigenvalue weighted by molar-refractivity contribution is 0.101. The third kappa shape index (κ3) is 3.44. The van der Waals surface area contributed by atoms with Crippen LogP contribution in [0.1, 0.15) is 16.2 Å². The predicted octanol–water partition coefficient (Wildman–Crippen LogP) is 2.05. The molecule has 0 spiro atoms. The van der Waals surface area contributed by atoms with Gasteiger partial charge in [0.1, 0.15) is 11.5 Å². The van der Waals surface area contributed by atoms with Gasteiger partial charge in [0.05, 0.1) is 14.2 Å². The second-order valence-corrected chi connectivity index (χ2v) is 5.26. The first kappa shape index (κ1) is 16.5. The first-order valence-electron chi connectivity index (χ1n) is 7.39. The van der Waals surface area contributed by atoms with Gasteiger partial charge in [-0.1, -0.05) is 5.10 Å². The van der Waals surface area contributed by atoms with Gasteiger partial charge in [-0.15, -0.1) is 5.10 Å². The number of rotatable bonds is 5. The molecule has 0 saturated heterocycles. The average Bonchev–Trinajstić information content (AvgIpc) is 3.21. The SMILES string of the molecule is COc1cc(OC)cc(-c2nnc(NC(=O)c3cc(C)n(C)n3)o2)c1. The van der Waals surface area contributed by atoms with Crippen LogP contribution in [-0.2, 0) is 7.05 Å². The van der Waals surface area contributed by atoms with Crippen molar-refractivity contribution < 1.29 is 18.7 Å². The number of aromatic nitrogens is 4. The van der Waals surface area contributed by atoms with E-state index < -0.39 is 5.91 Å². The van der Waals surface area contributed by atoms with Gasteiger partial charge in [-0.2, -0.15) is 5.10 Å². The second-order valence-electron chi connectivity index (χ2n) is 5.26. The van der Waals surface area contributed by atoms with E-state index in [0.717, 1.165) is 5.69 Å². The Hall–Kier alpha value is -3.36. The lowest BCUT2D eigenvalue weighted by Crippen LogP contribution is -2.13. The highest BCUT2D eigenvalue weighted by Crippen LogP contribution is 2.29. The minimum atomic E-state index is -0.429. The molecule has 2 aromatic heterocycles. The van der Waals surface area contributed by atoms with Gasteiger partial charge < -0.3 is 13.9 Å². The number of hydrogen-bond donors (Lipinski definition) is 1. The predicted molar refractivity (Wildman–Crippen MR) is 88.7 cm³/mol. The van der Waals surface area contributed by atoms with Crippen LogP contribution in [0.5, 0.6) is 11.5 Å². The number of nitrogens with one attached hydrogen (secondary N) is 1. The molecule has 0 radical (unpaired) electrons. The summed E-state index contributed by atoms with van der Waals surface area (Å²) in [4.78, 5) is 12.2. The fourth-order valence-corrected chi connectivity index (χ4v) is 2.15. The van der Waals surface area contributed by atoms with E-state index in [9.17, 15) is 4.79 Å². The molecule has 3 aromatic rings. The standard InChI is InChI=1S/C16H17N5O4/c1-9-5-13(20-21(9)2)14(22)17-16-19-18-15(25-16)10-6-11(23-3)8-12(7-10)24-4/h5-8H,1-4H3,(H,17,19,22). The molecule has 1 N–H and O–H groups in total. The van der Waals surface area contributed by atoms with Crippen LogP contribution in [-0.4, -0.2) is 40.1 Å². The minimum Gasteiger partial charge on any atom is -0.497 e. The van der Waals surface area contributed by atoms with Gasteiger partial charge in [0.2, 0.25) is 5.89 Å².